The van der Waals surface area contributed by atoms with Gasteiger partial charge in [0.05, 0.1) is 0 Å². The molecule has 90 valence electrons. The summed E-state index contributed by atoms with van der Waals surface area (Å²) in [6.07, 6.45) is 16.8. The number of Topliss-reactive ketones (excluding diaryl/α,β-unsaturated/α-hetero) is 1. The van der Waals surface area contributed by atoms with E-state index < -0.39 is 0 Å². The Morgan fingerprint density at radius 1 is 0.875 bits per heavy atom. The van der Waals surface area contributed by atoms with E-state index in [-0.39, 0.29) is 0 Å². The Kier molecular flexibility index (Phi) is 4.62. The summed E-state index contributed by atoms with van der Waals surface area (Å²) < 4.78 is 0. The first-order valence-electron chi connectivity index (χ1n) is 7.04. The van der Waals surface area contributed by atoms with Crippen LogP contribution in [0, 0.1) is 11.8 Å². The van der Waals surface area contributed by atoms with Crippen molar-refractivity contribution in [2.75, 3.05) is 0 Å². The SMILES string of the molecule is O=C1CCCCCCCC[C@H]2C=C[C@@H](C1)C2. The van der Waals surface area contributed by atoms with Gasteiger partial charge >= 0.3 is 0 Å². The average Bonchev–Trinajstić information content (AvgIpc) is 2.69. The van der Waals surface area contributed by atoms with Gasteiger partial charge in [0.2, 0.25) is 0 Å². The molecule has 2 aliphatic rings. The van der Waals surface area contributed by atoms with Crippen LogP contribution in [-0.4, -0.2) is 5.78 Å². The van der Waals surface area contributed by atoms with Crippen molar-refractivity contribution in [3.8, 4) is 0 Å². The van der Waals surface area contributed by atoms with E-state index in [9.17, 15) is 4.79 Å². The Balaban J connectivity index is 1.85. The van der Waals surface area contributed by atoms with Crippen molar-refractivity contribution < 1.29 is 4.79 Å². The van der Waals surface area contributed by atoms with Crippen LogP contribution in [0.3, 0.4) is 0 Å². The van der Waals surface area contributed by atoms with Crippen LogP contribution in [0.1, 0.15) is 64.2 Å². The maximum atomic E-state index is 11.7. The molecule has 0 saturated heterocycles. The van der Waals surface area contributed by atoms with Crippen molar-refractivity contribution in [3.63, 3.8) is 0 Å². The summed E-state index contributed by atoms with van der Waals surface area (Å²) in [5.74, 6) is 1.84. The third-order valence-electron chi connectivity index (χ3n) is 4.03. The summed E-state index contributed by atoms with van der Waals surface area (Å²) in [5.41, 5.74) is 0. The normalized spacial score (nSPS) is 32.9. The highest BCUT2D eigenvalue weighted by atomic mass is 16.1. The van der Waals surface area contributed by atoms with Crippen LogP contribution in [0.4, 0.5) is 0 Å². The van der Waals surface area contributed by atoms with Gasteiger partial charge in [0, 0.05) is 12.8 Å². The second-order valence-electron chi connectivity index (χ2n) is 5.54. The van der Waals surface area contributed by atoms with Crippen LogP contribution >= 0.6 is 0 Å². The molecule has 16 heavy (non-hydrogen) atoms. The predicted molar refractivity (Wildman–Crippen MR) is 67.3 cm³/mol. The first kappa shape index (κ1) is 11.9. The van der Waals surface area contributed by atoms with Crippen LogP contribution in [0.5, 0.6) is 0 Å². The molecule has 0 heterocycles. The van der Waals surface area contributed by atoms with Crippen molar-refractivity contribution in [3.05, 3.63) is 12.2 Å². The van der Waals surface area contributed by atoms with Crippen molar-refractivity contribution in [2.45, 2.75) is 64.2 Å². The molecular weight excluding hydrogens is 196 g/mol. The zero-order chi connectivity index (χ0) is 11.2. The number of rotatable bonds is 0. The molecule has 0 aromatic rings. The number of hydrogen-bond donors (Lipinski definition) is 0. The number of carbonyl (C=O) groups excluding carboxylic acids is 1. The Labute approximate surface area is 99.3 Å². The summed E-state index contributed by atoms with van der Waals surface area (Å²) in [7, 11) is 0. The minimum absolute atomic E-state index is 0.495. The van der Waals surface area contributed by atoms with E-state index in [1.807, 2.05) is 0 Å². The summed E-state index contributed by atoms with van der Waals surface area (Å²) in [6, 6.07) is 0. The van der Waals surface area contributed by atoms with Gasteiger partial charge in [-0.15, -0.1) is 0 Å². The summed E-state index contributed by atoms with van der Waals surface area (Å²) in [6.45, 7) is 0. The standard InChI is InChI=1S/C15H24O/c16-15-8-6-4-2-1-3-5-7-13-9-10-14(11-13)12-15/h9-10,13-14H,1-8,11-12H2/t13-,14+/m0/s1. The molecule has 1 saturated carbocycles. The van der Waals surface area contributed by atoms with Gasteiger partial charge in [-0.3, -0.25) is 4.79 Å². The van der Waals surface area contributed by atoms with E-state index in [0.717, 1.165) is 25.2 Å². The third kappa shape index (κ3) is 3.77. The second kappa shape index (κ2) is 6.22. The van der Waals surface area contributed by atoms with E-state index in [1.54, 1.807) is 0 Å². The van der Waals surface area contributed by atoms with E-state index in [0.29, 0.717) is 11.7 Å². The number of carbonyl (C=O) groups is 1. The fraction of sp³-hybridized carbons (Fsp3) is 0.800. The molecule has 0 spiro atoms. The monoisotopic (exact) mass is 220 g/mol. The highest BCUT2D eigenvalue weighted by Crippen LogP contribution is 2.31. The zero-order valence-electron chi connectivity index (χ0n) is 10.3. The highest BCUT2D eigenvalue weighted by molar-refractivity contribution is 5.78. The molecule has 0 aromatic heterocycles. The van der Waals surface area contributed by atoms with Gasteiger partial charge in [0.25, 0.3) is 0 Å². The fourth-order valence-electron chi connectivity index (χ4n) is 3.06. The second-order valence-corrected chi connectivity index (χ2v) is 5.54. The summed E-state index contributed by atoms with van der Waals surface area (Å²) in [5, 5.41) is 0. The smallest absolute Gasteiger partial charge is 0.133 e. The lowest BCUT2D eigenvalue weighted by Gasteiger charge is -2.10. The Bertz CT molecular complexity index is 254. The Hall–Kier alpha value is -0.590. The molecule has 2 aliphatic carbocycles. The van der Waals surface area contributed by atoms with E-state index in [1.165, 1.54) is 44.9 Å². The lowest BCUT2D eigenvalue weighted by molar-refractivity contribution is -0.119. The van der Waals surface area contributed by atoms with E-state index in [2.05, 4.69) is 12.2 Å². The van der Waals surface area contributed by atoms with Crippen molar-refractivity contribution >= 4 is 5.78 Å². The van der Waals surface area contributed by atoms with Crippen LogP contribution in [-0.2, 0) is 4.79 Å². The molecule has 1 fully saturated rings. The fourth-order valence-corrected chi connectivity index (χ4v) is 3.06. The van der Waals surface area contributed by atoms with Gasteiger partial charge < -0.3 is 0 Å². The molecule has 0 unspecified atom stereocenters. The van der Waals surface area contributed by atoms with Gasteiger partial charge in [0.15, 0.2) is 0 Å². The molecular formula is C15H24O. The lowest BCUT2D eigenvalue weighted by Crippen LogP contribution is -2.06. The molecule has 0 aromatic carbocycles. The number of hydrogen-bond acceptors (Lipinski definition) is 1. The quantitative estimate of drug-likeness (QED) is 0.557. The van der Waals surface area contributed by atoms with Crippen molar-refractivity contribution in [1.29, 1.82) is 0 Å². The Morgan fingerprint density at radius 3 is 2.44 bits per heavy atom. The maximum Gasteiger partial charge on any atom is 0.133 e. The third-order valence-corrected chi connectivity index (χ3v) is 4.03. The largest absolute Gasteiger partial charge is 0.300 e. The van der Waals surface area contributed by atoms with Crippen LogP contribution < -0.4 is 0 Å². The molecule has 0 radical (unpaired) electrons. The maximum absolute atomic E-state index is 11.7. The van der Waals surface area contributed by atoms with E-state index >= 15 is 0 Å². The Morgan fingerprint density at radius 2 is 1.56 bits per heavy atom. The first-order chi connectivity index (χ1) is 7.84. The zero-order valence-corrected chi connectivity index (χ0v) is 10.3. The molecule has 2 atom stereocenters. The molecule has 0 amide bonds. The minimum Gasteiger partial charge on any atom is -0.300 e. The highest BCUT2D eigenvalue weighted by Gasteiger charge is 2.20. The molecule has 1 heteroatoms. The number of ketones is 1. The molecule has 2 bridgehead atoms. The molecule has 2 rings (SSSR count). The topological polar surface area (TPSA) is 17.1 Å². The molecule has 0 aliphatic heterocycles. The predicted octanol–water partition coefficient (Wildman–Crippen LogP) is 4.27. The molecule has 1 nitrogen and oxygen atoms in total. The van der Waals surface area contributed by atoms with Gasteiger partial charge in [-0.2, -0.15) is 0 Å². The van der Waals surface area contributed by atoms with Gasteiger partial charge in [-0.25, -0.2) is 0 Å². The van der Waals surface area contributed by atoms with Crippen LogP contribution in [0.15, 0.2) is 12.2 Å². The van der Waals surface area contributed by atoms with Gasteiger partial charge in [0.1, 0.15) is 5.78 Å². The van der Waals surface area contributed by atoms with Gasteiger partial charge in [-0.1, -0.05) is 44.3 Å². The number of allylic oxidation sites excluding steroid dienone is 2. The molecule has 0 N–H and O–H groups in total. The van der Waals surface area contributed by atoms with Crippen molar-refractivity contribution in [1.82, 2.24) is 0 Å². The minimum atomic E-state index is 0.495. The summed E-state index contributed by atoms with van der Waals surface area (Å²) >= 11 is 0. The van der Waals surface area contributed by atoms with Crippen LogP contribution in [0.25, 0.3) is 0 Å². The van der Waals surface area contributed by atoms with Gasteiger partial charge in [-0.05, 0) is 31.1 Å². The summed E-state index contributed by atoms with van der Waals surface area (Å²) in [4.78, 5) is 11.7. The number of fused-ring (bicyclic) bond motifs is 2. The average molecular weight is 220 g/mol. The van der Waals surface area contributed by atoms with Crippen molar-refractivity contribution in [2.24, 2.45) is 11.8 Å². The lowest BCUT2D eigenvalue weighted by atomic mass is 9.94. The first-order valence-corrected chi connectivity index (χ1v) is 7.04. The van der Waals surface area contributed by atoms with E-state index in [4.69, 9.17) is 0 Å². The van der Waals surface area contributed by atoms with Crippen LogP contribution in [0.2, 0.25) is 0 Å².